The zero-order valence-corrected chi connectivity index (χ0v) is 9.27. The topological polar surface area (TPSA) is 25.8 Å². The van der Waals surface area contributed by atoms with Crippen LogP contribution in [0.2, 0.25) is 0 Å². The lowest BCUT2D eigenvalue weighted by Crippen LogP contribution is -1.98. The van der Waals surface area contributed by atoms with Crippen molar-refractivity contribution in [3.8, 4) is 0 Å². The number of hydrogen-bond donors (Lipinski definition) is 0. The third kappa shape index (κ3) is 2.32. The van der Waals surface area contributed by atoms with Gasteiger partial charge in [0.25, 0.3) is 0 Å². The third-order valence-corrected chi connectivity index (χ3v) is 2.54. The van der Waals surface area contributed by atoms with Crippen LogP contribution in [0.4, 0.5) is 0 Å². The van der Waals surface area contributed by atoms with Gasteiger partial charge in [0.15, 0.2) is 0 Å². The van der Waals surface area contributed by atoms with Crippen LogP contribution in [-0.4, -0.2) is 9.97 Å². The maximum absolute atomic E-state index is 4.61. The van der Waals surface area contributed by atoms with E-state index in [0.29, 0.717) is 5.92 Å². The standard InChI is InChI=1S/C13H16N2/c1-10(2)12-8-14-9-13(15-12)11-6-4-3-5-7-11/h4,6-10H,3,5H2,1-2H3. The Balaban J connectivity index is 2.32. The Morgan fingerprint density at radius 2 is 2.07 bits per heavy atom. The third-order valence-electron chi connectivity index (χ3n) is 2.54. The van der Waals surface area contributed by atoms with Gasteiger partial charge in [0.05, 0.1) is 17.6 Å². The molecule has 0 bridgehead atoms. The van der Waals surface area contributed by atoms with Crippen molar-refractivity contribution in [3.05, 3.63) is 42.0 Å². The molecule has 1 heterocycles. The molecule has 0 aromatic carbocycles. The highest BCUT2D eigenvalue weighted by Gasteiger charge is 2.06. The summed E-state index contributed by atoms with van der Waals surface area (Å²) in [4.78, 5) is 8.86. The van der Waals surface area contributed by atoms with Crippen molar-refractivity contribution in [2.75, 3.05) is 0 Å². The van der Waals surface area contributed by atoms with Gasteiger partial charge in [-0.3, -0.25) is 4.98 Å². The van der Waals surface area contributed by atoms with Crippen LogP contribution >= 0.6 is 0 Å². The molecule has 0 spiro atoms. The van der Waals surface area contributed by atoms with Crippen molar-refractivity contribution in [3.63, 3.8) is 0 Å². The number of nitrogens with zero attached hydrogens (tertiary/aromatic N) is 2. The van der Waals surface area contributed by atoms with E-state index in [0.717, 1.165) is 24.2 Å². The number of allylic oxidation sites excluding steroid dienone is 4. The first-order chi connectivity index (χ1) is 7.27. The maximum atomic E-state index is 4.61. The van der Waals surface area contributed by atoms with E-state index >= 15 is 0 Å². The fourth-order valence-electron chi connectivity index (χ4n) is 1.60. The van der Waals surface area contributed by atoms with Crippen molar-refractivity contribution >= 4 is 5.57 Å². The Kier molecular flexibility index (Phi) is 2.95. The summed E-state index contributed by atoms with van der Waals surface area (Å²) in [6.07, 6.45) is 12.5. The first-order valence-corrected chi connectivity index (χ1v) is 5.46. The highest BCUT2D eigenvalue weighted by atomic mass is 14.8. The Labute approximate surface area is 90.8 Å². The first-order valence-electron chi connectivity index (χ1n) is 5.46. The van der Waals surface area contributed by atoms with Crippen LogP contribution in [0.15, 0.2) is 30.6 Å². The summed E-state index contributed by atoms with van der Waals surface area (Å²) in [6.45, 7) is 4.28. The Bertz CT molecular complexity index is 403. The summed E-state index contributed by atoms with van der Waals surface area (Å²) in [5.74, 6) is 0.436. The van der Waals surface area contributed by atoms with Crippen LogP contribution in [-0.2, 0) is 0 Å². The molecule has 1 aliphatic carbocycles. The molecule has 1 aliphatic rings. The van der Waals surface area contributed by atoms with Crippen LogP contribution in [0.5, 0.6) is 0 Å². The summed E-state index contributed by atoms with van der Waals surface area (Å²) in [5, 5.41) is 0. The predicted molar refractivity (Wildman–Crippen MR) is 62.5 cm³/mol. The van der Waals surface area contributed by atoms with E-state index in [-0.39, 0.29) is 0 Å². The van der Waals surface area contributed by atoms with E-state index in [1.165, 1.54) is 5.57 Å². The van der Waals surface area contributed by atoms with E-state index in [4.69, 9.17) is 0 Å². The molecule has 0 aliphatic heterocycles. The molecule has 0 fully saturated rings. The molecule has 0 atom stereocenters. The average molecular weight is 200 g/mol. The van der Waals surface area contributed by atoms with E-state index in [9.17, 15) is 0 Å². The average Bonchev–Trinajstić information content (AvgIpc) is 2.30. The van der Waals surface area contributed by atoms with E-state index in [1.807, 2.05) is 12.4 Å². The van der Waals surface area contributed by atoms with Crippen LogP contribution in [0.1, 0.15) is 44.0 Å². The van der Waals surface area contributed by atoms with E-state index < -0.39 is 0 Å². The summed E-state index contributed by atoms with van der Waals surface area (Å²) >= 11 is 0. The molecule has 1 aromatic rings. The van der Waals surface area contributed by atoms with Crippen molar-refractivity contribution < 1.29 is 0 Å². The van der Waals surface area contributed by atoms with E-state index in [1.54, 1.807) is 0 Å². The molecule has 0 saturated heterocycles. The van der Waals surface area contributed by atoms with Gasteiger partial charge in [-0.25, -0.2) is 4.98 Å². The molecule has 0 radical (unpaired) electrons. The molecule has 15 heavy (non-hydrogen) atoms. The maximum Gasteiger partial charge on any atom is 0.0885 e. The van der Waals surface area contributed by atoms with Gasteiger partial charge in [0.2, 0.25) is 0 Å². The molecule has 1 aromatic heterocycles. The predicted octanol–water partition coefficient (Wildman–Crippen LogP) is 3.33. The van der Waals surface area contributed by atoms with Gasteiger partial charge in [0.1, 0.15) is 0 Å². The van der Waals surface area contributed by atoms with Crippen LogP contribution < -0.4 is 0 Å². The van der Waals surface area contributed by atoms with Gasteiger partial charge in [-0.05, 0) is 24.3 Å². The molecule has 2 nitrogen and oxygen atoms in total. The highest BCUT2D eigenvalue weighted by Crippen LogP contribution is 2.20. The second-order valence-electron chi connectivity index (χ2n) is 4.12. The second-order valence-corrected chi connectivity index (χ2v) is 4.12. The van der Waals surface area contributed by atoms with Gasteiger partial charge in [-0.2, -0.15) is 0 Å². The molecule has 0 unspecified atom stereocenters. The van der Waals surface area contributed by atoms with Crippen LogP contribution in [0, 0.1) is 0 Å². The summed E-state index contributed by atoms with van der Waals surface area (Å²) in [7, 11) is 0. The van der Waals surface area contributed by atoms with Crippen molar-refractivity contribution in [1.82, 2.24) is 9.97 Å². The molecule has 2 rings (SSSR count). The van der Waals surface area contributed by atoms with Crippen LogP contribution in [0.25, 0.3) is 5.57 Å². The second kappa shape index (κ2) is 4.39. The fraction of sp³-hybridized carbons (Fsp3) is 0.385. The quantitative estimate of drug-likeness (QED) is 0.731. The Hall–Kier alpha value is -1.44. The molecule has 2 heteroatoms. The molecule has 0 saturated carbocycles. The zero-order valence-electron chi connectivity index (χ0n) is 9.27. The van der Waals surface area contributed by atoms with Gasteiger partial charge < -0.3 is 0 Å². The normalized spacial score (nSPS) is 15.5. The Morgan fingerprint density at radius 3 is 2.73 bits per heavy atom. The highest BCUT2D eigenvalue weighted by molar-refractivity contribution is 5.72. The number of hydrogen-bond acceptors (Lipinski definition) is 2. The smallest absolute Gasteiger partial charge is 0.0885 e. The first kappa shape index (κ1) is 10.1. The summed E-state index contributed by atoms with van der Waals surface area (Å²) < 4.78 is 0. The largest absolute Gasteiger partial charge is 0.261 e. The minimum absolute atomic E-state index is 0.436. The SMILES string of the molecule is CC(C)c1cncc(C2=CCCC=C2)n1. The summed E-state index contributed by atoms with van der Waals surface area (Å²) in [6, 6.07) is 0. The van der Waals surface area contributed by atoms with Gasteiger partial charge in [0, 0.05) is 6.20 Å². The number of rotatable bonds is 2. The fourth-order valence-corrected chi connectivity index (χ4v) is 1.60. The van der Waals surface area contributed by atoms with Crippen molar-refractivity contribution in [2.24, 2.45) is 0 Å². The minimum atomic E-state index is 0.436. The molecule has 0 N–H and O–H groups in total. The zero-order chi connectivity index (χ0) is 10.7. The number of aromatic nitrogens is 2. The van der Waals surface area contributed by atoms with Crippen molar-refractivity contribution in [1.29, 1.82) is 0 Å². The summed E-state index contributed by atoms with van der Waals surface area (Å²) in [5.41, 5.74) is 3.26. The lowest BCUT2D eigenvalue weighted by molar-refractivity contribution is 0.808. The molecular formula is C13H16N2. The van der Waals surface area contributed by atoms with Crippen LogP contribution in [0.3, 0.4) is 0 Å². The molecular weight excluding hydrogens is 184 g/mol. The molecule has 0 amide bonds. The minimum Gasteiger partial charge on any atom is -0.261 e. The monoisotopic (exact) mass is 200 g/mol. The van der Waals surface area contributed by atoms with Gasteiger partial charge in [-0.15, -0.1) is 0 Å². The Morgan fingerprint density at radius 1 is 1.20 bits per heavy atom. The lowest BCUT2D eigenvalue weighted by Gasteiger charge is -2.09. The van der Waals surface area contributed by atoms with Gasteiger partial charge in [-0.1, -0.05) is 32.1 Å². The van der Waals surface area contributed by atoms with E-state index in [2.05, 4.69) is 42.0 Å². The van der Waals surface area contributed by atoms with Gasteiger partial charge >= 0.3 is 0 Å². The van der Waals surface area contributed by atoms with Crippen molar-refractivity contribution in [2.45, 2.75) is 32.6 Å². The molecule has 78 valence electrons. The lowest BCUT2D eigenvalue weighted by atomic mass is 10.0.